The quantitative estimate of drug-likeness (QED) is 0.182. The summed E-state index contributed by atoms with van der Waals surface area (Å²) in [6, 6.07) is 3.34. The van der Waals surface area contributed by atoms with Crippen molar-refractivity contribution in [1.29, 1.82) is 5.41 Å². The second-order valence-corrected chi connectivity index (χ2v) is 10.2. The number of rotatable bonds is 11. The second-order valence-electron chi connectivity index (χ2n) is 8.30. The van der Waals surface area contributed by atoms with Crippen molar-refractivity contribution in [2.45, 2.75) is 45.2 Å². The number of carbonyl (C=O) groups excluding carboxylic acids is 3. The number of likely N-dealkylation sites (N-methyl/N-ethyl adjacent to an activating group) is 1. The van der Waals surface area contributed by atoms with E-state index >= 15 is 0 Å². The summed E-state index contributed by atoms with van der Waals surface area (Å²) in [6.07, 6.45) is 0.861. The second kappa shape index (κ2) is 10.4. The molecule has 1 aliphatic rings. The summed E-state index contributed by atoms with van der Waals surface area (Å²) in [4.78, 5) is 51.9. The molecule has 5 N–H and O–H groups in total. The molecule has 1 saturated heterocycles. The minimum Gasteiger partial charge on any atom is -0.480 e. The highest BCUT2D eigenvalue weighted by molar-refractivity contribution is 7.89. The Morgan fingerprint density at radius 1 is 1.26 bits per heavy atom. The molecule has 2 rings (SSSR count). The lowest BCUT2D eigenvalue weighted by atomic mass is 9.90. The van der Waals surface area contributed by atoms with Crippen LogP contribution in [0.2, 0.25) is 0 Å². The van der Waals surface area contributed by atoms with Gasteiger partial charge in [0.1, 0.15) is 17.4 Å². The summed E-state index contributed by atoms with van der Waals surface area (Å²) in [5.41, 5.74) is 4.66. The highest BCUT2D eigenvalue weighted by Crippen LogP contribution is 2.37. The van der Waals surface area contributed by atoms with Crippen LogP contribution in [0.15, 0.2) is 24.3 Å². The van der Waals surface area contributed by atoms with Crippen LogP contribution in [-0.4, -0.2) is 83.5 Å². The van der Waals surface area contributed by atoms with Crippen LogP contribution >= 0.6 is 0 Å². The third-order valence-corrected chi connectivity index (χ3v) is 7.32. The summed E-state index contributed by atoms with van der Waals surface area (Å²) in [7, 11) is -2.65. The predicted octanol–water partition coefficient (Wildman–Crippen LogP) is 0.0161. The lowest BCUT2D eigenvalue weighted by molar-refractivity contribution is -0.158. The maximum absolute atomic E-state index is 13.5. The van der Waals surface area contributed by atoms with Gasteiger partial charge in [-0.25, -0.2) is 18.2 Å². The van der Waals surface area contributed by atoms with Gasteiger partial charge in [0.05, 0.1) is 12.3 Å². The normalized spacial score (nSPS) is 19.1. The molecule has 0 bridgehead atoms. The van der Waals surface area contributed by atoms with Gasteiger partial charge in [0.25, 0.3) is 5.91 Å². The molecule has 1 aromatic carbocycles. The zero-order valence-corrected chi connectivity index (χ0v) is 20.8. The molecule has 0 spiro atoms. The Hall–Kier alpha value is -3.52. The van der Waals surface area contributed by atoms with Gasteiger partial charge in [-0.05, 0) is 18.9 Å². The maximum atomic E-state index is 13.5. The van der Waals surface area contributed by atoms with Crippen molar-refractivity contribution < 1.29 is 32.7 Å². The Labute approximate surface area is 203 Å². The maximum Gasteiger partial charge on any atom is 0.347 e. The molecule has 4 amide bonds. The molecule has 1 aromatic rings. The smallest absolute Gasteiger partial charge is 0.347 e. The molecule has 0 aliphatic carbocycles. The molecular weight excluding hydrogens is 480 g/mol. The number of sulfonamides is 1. The van der Waals surface area contributed by atoms with Crippen molar-refractivity contribution in [2.75, 3.05) is 19.3 Å². The van der Waals surface area contributed by atoms with Crippen LogP contribution in [0.5, 0.6) is 0 Å². The number of carboxylic acids is 1. The van der Waals surface area contributed by atoms with Gasteiger partial charge in [-0.2, -0.15) is 9.73 Å². The van der Waals surface area contributed by atoms with Gasteiger partial charge in [-0.15, -0.1) is 0 Å². The van der Waals surface area contributed by atoms with Crippen molar-refractivity contribution in [2.24, 2.45) is 5.73 Å². The molecule has 0 unspecified atom stereocenters. The van der Waals surface area contributed by atoms with Crippen LogP contribution in [0.1, 0.15) is 44.7 Å². The van der Waals surface area contributed by atoms with E-state index in [9.17, 15) is 32.7 Å². The van der Waals surface area contributed by atoms with Gasteiger partial charge >= 0.3 is 12.0 Å². The molecule has 0 radical (unpaired) electrons. The zero-order chi connectivity index (χ0) is 26.7. The van der Waals surface area contributed by atoms with E-state index in [2.05, 4.69) is 0 Å². The van der Waals surface area contributed by atoms with Crippen LogP contribution in [0.3, 0.4) is 0 Å². The molecule has 1 aliphatic heterocycles. The van der Waals surface area contributed by atoms with E-state index in [4.69, 9.17) is 11.1 Å². The summed E-state index contributed by atoms with van der Waals surface area (Å²) in [5, 5.41) is 18.2. The zero-order valence-electron chi connectivity index (χ0n) is 19.9. The number of carboxylic acid groups (broad SMARTS) is 1. The van der Waals surface area contributed by atoms with Crippen LogP contribution < -0.4 is 10.5 Å². The monoisotopic (exact) mass is 510 g/mol. The molecule has 192 valence electrons. The Morgan fingerprint density at radius 2 is 1.83 bits per heavy atom. The first-order valence-corrected chi connectivity index (χ1v) is 12.4. The van der Waals surface area contributed by atoms with Crippen LogP contribution in [0.4, 0.5) is 4.79 Å². The van der Waals surface area contributed by atoms with E-state index in [1.54, 1.807) is 6.92 Å². The fraction of sp³-hybridized carbons (Fsp3) is 0.476. The third kappa shape index (κ3) is 5.59. The molecule has 1 heterocycles. The number of unbranched alkanes of at least 4 members (excludes halogenated alkanes) is 1. The number of benzene rings is 1. The number of carbonyl (C=O) groups is 4. The Balaban J connectivity index is 2.42. The lowest BCUT2D eigenvalue weighted by Crippen LogP contribution is -2.57. The molecule has 2 atom stereocenters. The molecule has 1 fully saturated rings. The van der Waals surface area contributed by atoms with Crippen molar-refractivity contribution in [3.8, 4) is 0 Å². The van der Waals surface area contributed by atoms with Crippen LogP contribution in [-0.2, 0) is 29.9 Å². The summed E-state index contributed by atoms with van der Waals surface area (Å²) < 4.78 is 26.6. The molecule has 0 saturated carbocycles. The van der Waals surface area contributed by atoms with Crippen molar-refractivity contribution in [3.63, 3.8) is 0 Å². The number of amides is 4. The van der Waals surface area contributed by atoms with E-state index in [1.807, 2.05) is 4.72 Å². The number of nitrogens with two attached hydrogens (primary N) is 1. The van der Waals surface area contributed by atoms with Gasteiger partial charge < -0.3 is 15.7 Å². The Kier molecular flexibility index (Phi) is 8.23. The summed E-state index contributed by atoms with van der Waals surface area (Å²) in [5.74, 6) is -3.75. The van der Waals surface area contributed by atoms with Gasteiger partial charge in [0, 0.05) is 19.5 Å². The Bertz CT molecular complexity index is 1140. The molecule has 0 aromatic heterocycles. The number of aliphatic carboxylic acids is 1. The molecular formula is C21H30N6O7S. The predicted molar refractivity (Wildman–Crippen MR) is 125 cm³/mol. The number of hydrazine groups is 1. The van der Waals surface area contributed by atoms with Crippen molar-refractivity contribution in [1.82, 2.24) is 19.6 Å². The van der Waals surface area contributed by atoms with Gasteiger partial charge in [-0.1, -0.05) is 37.6 Å². The van der Waals surface area contributed by atoms with Crippen molar-refractivity contribution in [3.05, 3.63) is 35.4 Å². The SMILES string of the molecule is CCCCS(=O)(=O)N[C@H](CN(C(C)=O)N1C(=O)N(C)[C@](C)(c2ccc(C(=N)N)cc2)C1=O)C(=O)O. The highest BCUT2D eigenvalue weighted by atomic mass is 32.2. The number of urea groups is 1. The summed E-state index contributed by atoms with van der Waals surface area (Å²) in [6.45, 7) is 3.47. The lowest BCUT2D eigenvalue weighted by Gasteiger charge is -2.31. The Morgan fingerprint density at radius 3 is 2.29 bits per heavy atom. The van der Waals surface area contributed by atoms with Crippen LogP contribution in [0.25, 0.3) is 0 Å². The topological polar surface area (TPSA) is 194 Å². The van der Waals surface area contributed by atoms with E-state index < -0.39 is 52.0 Å². The first-order chi connectivity index (χ1) is 16.2. The number of nitrogen functional groups attached to an aromatic ring is 1. The third-order valence-electron chi connectivity index (χ3n) is 5.85. The number of nitrogens with one attached hydrogen (secondary N) is 2. The van der Waals surface area contributed by atoms with Gasteiger partial charge in [-0.3, -0.25) is 19.8 Å². The standard InChI is InChI=1S/C21H30N6O7S/c1-5-6-11-35(33,34)24-16(18(29)30)12-26(13(2)28)27-19(31)21(3,25(4)20(27)32)15-9-7-14(8-10-15)17(22)23/h7-10,16,24H,5-6,11-12H2,1-4H3,(H3,22,23)(H,29,30)/t16-,21-/m1/s1. The van der Waals surface area contributed by atoms with Crippen LogP contribution in [0, 0.1) is 5.41 Å². The first-order valence-electron chi connectivity index (χ1n) is 10.8. The highest BCUT2D eigenvalue weighted by Gasteiger charge is 2.56. The number of hydrogen-bond acceptors (Lipinski definition) is 7. The number of imide groups is 1. The number of nitrogens with zero attached hydrogens (tertiary/aromatic N) is 3. The fourth-order valence-electron chi connectivity index (χ4n) is 3.57. The fourth-order valence-corrected chi connectivity index (χ4v) is 4.97. The minimum absolute atomic E-state index is 0.186. The van der Waals surface area contributed by atoms with Gasteiger partial charge in [0.15, 0.2) is 0 Å². The average molecular weight is 511 g/mol. The molecule has 13 nitrogen and oxygen atoms in total. The first kappa shape index (κ1) is 27.7. The van der Waals surface area contributed by atoms with E-state index in [0.29, 0.717) is 34.0 Å². The van der Waals surface area contributed by atoms with Crippen molar-refractivity contribution >= 4 is 39.7 Å². The molecule has 14 heteroatoms. The molecule has 35 heavy (non-hydrogen) atoms. The van der Waals surface area contributed by atoms with Gasteiger partial charge in [0.2, 0.25) is 15.9 Å². The van der Waals surface area contributed by atoms with E-state index in [0.717, 1.165) is 11.8 Å². The summed E-state index contributed by atoms with van der Waals surface area (Å²) >= 11 is 0. The van der Waals surface area contributed by atoms with E-state index in [1.165, 1.54) is 38.2 Å². The number of amidine groups is 1. The van der Waals surface area contributed by atoms with E-state index in [-0.39, 0.29) is 11.6 Å². The number of hydrogen-bond donors (Lipinski definition) is 4. The largest absolute Gasteiger partial charge is 0.480 e. The minimum atomic E-state index is -3.99. The average Bonchev–Trinajstić information content (AvgIpc) is 2.95.